The molecule has 0 aliphatic heterocycles. The minimum absolute atomic E-state index is 0.223. The van der Waals surface area contributed by atoms with Crippen molar-refractivity contribution in [2.45, 2.75) is 19.8 Å². The molecular formula is C5H9ClO. The summed E-state index contributed by atoms with van der Waals surface area (Å²) in [6, 6.07) is 0. The molecule has 0 N–H and O–H groups in total. The Morgan fingerprint density at radius 2 is 2.29 bits per heavy atom. The fraction of sp³-hybridized carbons (Fsp3) is 0.800. The second kappa shape index (κ2) is 4.13. The first-order valence-electron chi connectivity index (χ1n) is 2.32. The molecule has 0 aromatic heterocycles. The van der Waals surface area contributed by atoms with Crippen molar-refractivity contribution in [3.05, 3.63) is 0 Å². The van der Waals surface area contributed by atoms with Crippen molar-refractivity contribution in [3.8, 4) is 0 Å². The summed E-state index contributed by atoms with van der Waals surface area (Å²) in [6.07, 6.45) is 1.44. The van der Waals surface area contributed by atoms with Crippen LogP contribution in [0, 0.1) is 0 Å². The van der Waals surface area contributed by atoms with E-state index < -0.39 is 0 Å². The van der Waals surface area contributed by atoms with Crippen LogP contribution in [0.15, 0.2) is 0 Å². The number of rotatable bonds is 3. The third kappa shape index (κ3) is 5.96. The lowest BCUT2D eigenvalue weighted by Gasteiger charge is -1.85. The number of ketones is 1. The summed E-state index contributed by atoms with van der Waals surface area (Å²) in [6.45, 7) is 1.58. The standard InChI is InChI=1S/C5H9ClO/c1-5(7)3-2-4-6/h2-4H2,1H3/i4+1. The predicted molar refractivity (Wildman–Crippen MR) is 30.6 cm³/mol. The molecule has 0 aliphatic carbocycles. The molecular weight excluding hydrogens is 112 g/mol. The molecule has 0 aromatic rings. The highest BCUT2D eigenvalue weighted by Crippen LogP contribution is 1.90. The number of alkyl halides is 1. The van der Waals surface area contributed by atoms with Crippen LogP contribution >= 0.6 is 11.6 Å². The monoisotopic (exact) mass is 121 g/mol. The van der Waals surface area contributed by atoms with E-state index in [9.17, 15) is 4.79 Å². The fourth-order valence-corrected chi connectivity index (χ4v) is 0.449. The van der Waals surface area contributed by atoms with Crippen molar-refractivity contribution in [1.82, 2.24) is 0 Å². The Morgan fingerprint density at radius 3 is 2.43 bits per heavy atom. The second-order valence-corrected chi connectivity index (χ2v) is 1.87. The van der Waals surface area contributed by atoms with Crippen LogP contribution in [0.3, 0.4) is 0 Å². The Kier molecular flexibility index (Phi) is 4.10. The van der Waals surface area contributed by atoms with Crippen molar-refractivity contribution in [2.24, 2.45) is 0 Å². The summed E-state index contributed by atoms with van der Waals surface area (Å²) in [5.41, 5.74) is 0. The van der Waals surface area contributed by atoms with Gasteiger partial charge in [0.15, 0.2) is 0 Å². The molecule has 0 rings (SSSR count). The molecule has 0 aliphatic rings. The second-order valence-electron chi connectivity index (χ2n) is 1.49. The molecule has 0 unspecified atom stereocenters. The maximum atomic E-state index is 10.1. The minimum Gasteiger partial charge on any atom is -0.300 e. The Labute approximate surface area is 48.7 Å². The van der Waals surface area contributed by atoms with E-state index in [1.807, 2.05) is 0 Å². The van der Waals surface area contributed by atoms with Crippen LogP contribution in [-0.2, 0) is 4.79 Å². The summed E-state index contributed by atoms with van der Waals surface area (Å²) in [5, 5.41) is 0. The molecule has 0 heterocycles. The Hall–Kier alpha value is -0.0400. The molecule has 0 atom stereocenters. The van der Waals surface area contributed by atoms with Gasteiger partial charge in [0.25, 0.3) is 0 Å². The quantitative estimate of drug-likeness (QED) is 0.410. The molecule has 0 saturated carbocycles. The van der Waals surface area contributed by atoms with Gasteiger partial charge in [-0.15, -0.1) is 11.6 Å². The number of carbonyl (C=O) groups excluding carboxylic acids is 1. The summed E-state index contributed by atoms with van der Waals surface area (Å²) in [7, 11) is 0. The zero-order valence-corrected chi connectivity index (χ0v) is 5.16. The Balaban J connectivity index is 2.82. The van der Waals surface area contributed by atoms with Gasteiger partial charge in [-0.1, -0.05) is 0 Å². The lowest BCUT2D eigenvalue weighted by atomic mass is 10.3. The first kappa shape index (κ1) is 6.96. The number of carbonyl (C=O) groups is 1. The summed E-state index contributed by atoms with van der Waals surface area (Å²) in [5.74, 6) is 0.820. The van der Waals surface area contributed by atoms with Crippen LogP contribution in [0.25, 0.3) is 0 Å². The van der Waals surface area contributed by atoms with Crippen LogP contribution in [0.1, 0.15) is 19.8 Å². The predicted octanol–water partition coefficient (Wildman–Crippen LogP) is 1.59. The van der Waals surface area contributed by atoms with Crippen LogP contribution in [-0.4, -0.2) is 11.7 Å². The van der Waals surface area contributed by atoms with E-state index in [0.717, 1.165) is 6.42 Å². The maximum Gasteiger partial charge on any atom is 0.129 e. The summed E-state index contributed by atoms with van der Waals surface area (Å²) < 4.78 is 0. The zero-order valence-electron chi connectivity index (χ0n) is 4.41. The van der Waals surface area contributed by atoms with E-state index in [-0.39, 0.29) is 5.78 Å². The third-order valence-electron chi connectivity index (χ3n) is 0.662. The van der Waals surface area contributed by atoms with Gasteiger partial charge in [0.1, 0.15) is 5.78 Å². The largest absolute Gasteiger partial charge is 0.300 e. The van der Waals surface area contributed by atoms with Gasteiger partial charge in [-0.25, -0.2) is 0 Å². The minimum atomic E-state index is 0.223. The smallest absolute Gasteiger partial charge is 0.129 e. The SMILES string of the molecule is CC(=O)CC[13CH2]Cl. The highest BCUT2D eigenvalue weighted by Gasteiger charge is 1.88. The summed E-state index contributed by atoms with van der Waals surface area (Å²) in [4.78, 5) is 10.1. The van der Waals surface area contributed by atoms with Gasteiger partial charge in [0, 0.05) is 12.3 Å². The van der Waals surface area contributed by atoms with Crippen molar-refractivity contribution >= 4 is 17.4 Å². The molecule has 0 spiro atoms. The molecule has 0 radical (unpaired) electrons. The van der Waals surface area contributed by atoms with Gasteiger partial charge in [-0.2, -0.15) is 0 Å². The van der Waals surface area contributed by atoms with Crippen molar-refractivity contribution < 1.29 is 4.79 Å². The third-order valence-corrected chi connectivity index (χ3v) is 0.930. The van der Waals surface area contributed by atoms with Gasteiger partial charge >= 0.3 is 0 Å². The summed E-state index contributed by atoms with van der Waals surface area (Å²) >= 11 is 5.29. The highest BCUT2D eigenvalue weighted by molar-refractivity contribution is 6.17. The van der Waals surface area contributed by atoms with Crippen molar-refractivity contribution in [3.63, 3.8) is 0 Å². The number of hydrogen-bond donors (Lipinski definition) is 0. The van der Waals surface area contributed by atoms with E-state index in [0.29, 0.717) is 12.3 Å². The van der Waals surface area contributed by atoms with Crippen LogP contribution < -0.4 is 0 Å². The van der Waals surface area contributed by atoms with Gasteiger partial charge < -0.3 is 4.79 Å². The van der Waals surface area contributed by atoms with Gasteiger partial charge in [0.2, 0.25) is 0 Å². The molecule has 0 saturated heterocycles. The van der Waals surface area contributed by atoms with Crippen LogP contribution in [0.2, 0.25) is 0 Å². The normalized spacial score (nSPS) is 8.86. The van der Waals surface area contributed by atoms with Crippen LogP contribution in [0.5, 0.6) is 0 Å². The number of Topliss-reactive ketones (excluding diaryl/α,β-unsaturated/α-hetero) is 1. The maximum absolute atomic E-state index is 10.1. The zero-order chi connectivity index (χ0) is 5.70. The van der Waals surface area contributed by atoms with Crippen molar-refractivity contribution in [1.29, 1.82) is 0 Å². The average molecular weight is 122 g/mol. The van der Waals surface area contributed by atoms with Crippen LogP contribution in [0.4, 0.5) is 0 Å². The highest BCUT2D eigenvalue weighted by atomic mass is 35.5. The molecule has 7 heavy (non-hydrogen) atoms. The van der Waals surface area contributed by atoms with E-state index in [1.54, 1.807) is 6.92 Å². The van der Waals surface area contributed by atoms with Gasteiger partial charge in [-0.3, -0.25) is 0 Å². The lowest BCUT2D eigenvalue weighted by molar-refractivity contribution is -0.117. The topological polar surface area (TPSA) is 17.1 Å². The molecule has 42 valence electrons. The molecule has 1 nitrogen and oxygen atoms in total. The van der Waals surface area contributed by atoms with E-state index >= 15 is 0 Å². The fourth-order valence-electron chi connectivity index (χ4n) is 0.316. The average Bonchev–Trinajstić information content (AvgIpc) is 1.61. The molecule has 2 heteroatoms. The molecule has 0 bridgehead atoms. The van der Waals surface area contributed by atoms with E-state index in [1.165, 1.54) is 0 Å². The number of hydrogen-bond acceptors (Lipinski definition) is 1. The number of halogens is 1. The Morgan fingerprint density at radius 1 is 1.71 bits per heavy atom. The van der Waals surface area contributed by atoms with Gasteiger partial charge in [-0.05, 0) is 13.3 Å². The van der Waals surface area contributed by atoms with E-state index in [4.69, 9.17) is 11.6 Å². The van der Waals surface area contributed by atoms with E-state index in [2.05, 4.69) is 0 Å². The first-order chi connectivity index (χ1) is 3.27. The molecule has 0 fully saturated rings. The Bertz CT molecular complexity index is 61.1. The lowest BCUT2D eigenvalue weighted by Crippen LogP contribution is -1.88. The van der Waals surface area contributed by atoms with Crippen molar-refractivity contribution in [2.75, 3.05) is 5.88 Å². The molecule has 0 amide bonds. The van der Waals surface area contributed by atoms with Gasteiger partial charge in [0.05, 0.1) is 0 Å². The molecule has 0 aromatic carbocycles. The first-order valence-corrected chi connectivity index (χ1v) is 2.86.